The van der Waals surface area contributed by atoms with Crippen LogP contribution < -0.4 is 5.32 Å². The quantitative estimate of drug-likeness (QED) is 0.447. The second-order valence-electron chi connectivity index (χ2n) is 6.87. The molecule has 2 aromatic heterocycles. The van der Waals surface area contributed by atoms with Crippen molar-refractivity contribution in [3.8, 4) is 0 Å². The van der Waals surface area contributed by atoms with Crippen molar-refractivity contribution < 1.29 is 9.21 Å². The first-order valence-electron chi connectivity index (χ1n) is 10.0. The Morgan fingerprint density at radius 1 is 1.25 bits per heavy atom. The summed E-state index contributed by atoms with van der Waals surface area (Å²) in [5, 5.41) is 3.38. The van der Waals surface area contributed by atoms with E-state index in [2.05, 4.69) is 26.7 Å². The third-order valence-electron chi connectivity index (χ3n) is 4.93. The minimum atomic E-state index is -0.0404. The van der Waals surface area contributed by atoms with Gasteiger partial charge < -0.3 is 24.1 Å². The van der Waals surface area contributed by atoms with Crippen LogP contribution in [0.1, 0.15) is 36.1 Å². The number of hydrogen-bond donors (Lipinski definition) is 1. The number of imidazole rings is 1. The van der Waals surface area contributed by atoms with Crippen LogP contribution in [0.2, 0.25) is 0 Å². The monoisotopic (exact) mass is 386 g/mol. The summed E-state index contributed by atoms with van der Waals surface area (Å²) >= 11 is 0. The third-order valence-corrected chi connectivity index (χ3v) is 4.93. The van der Waals surface area contributed by atoms with Crippen LogP contribution in [0.25, 0.3) is 0 Å². The van der Waals surface area contributed by atoms with Gasteiger partial charge in [-0.25, -0.2) is 4.98 Å². The first kappa shape index (κ1) is 20.0. The molecule has 1 saturated heterocycles. The van der Waals surface area contributed by atoms with E-state index in [9.17, 15) is 4.79 Å². The minimum Gasteiger partial charge on any atom is -0.459 e. The first-order valence-corrected chi connectivity index (χ1v) is 10.0. The summed E-state index contributed by atoms with van der Waals surface area (Å²) in [7, 11) is 0. The Morgan fingerprint density at radius 2 is 2.04 bits per heavy atom. The van der Waals surface area contributed by atoms with Gasteiger partial charge in [0.05, 0.1) is 6.26 Å². The molecule has 0 aromatic carbocycles. The number of rotatable bonds is 7. The number of piperazine rings is 1. The Kier molecular flexibility index (Phi) is 7.11. The standard InChI is InChI=1S/C20H30N6O2/c1-3-21-20(23-8-4-5-10-24-11-9-22-17(24)2)26-14-12-25(13-15-26)19(27)18-7-6-16-28-18/h6-7,9,11,16H,3-5,8,10,12-15H2,1-2H3,(H,21,23). The number of amides is 1. The van der Waals surface area contributed by atoms with Crippen LogP contribution >= 0.6 is 0 Å². The average molecular weight is 387 g/mol. The van der Waals surface area contributed by atoms with Crippen molar-refractivity contribution in [2.75, 3.05) is 39.3 Å². The number of carbonyl (C=O) groups is 1. The van der Waals surface area contributed by atoms with Gasteiger partial charge in [0.1, 0.15) is 5.82 Å². The van der Waals surface area contributed by atoms with E-state index in [-0.39, 0.29) is 5.91 Å². The highest BCUT2D eigenvalue weighted by Gasteiger charge is 2.25. The van der Waals surface area contributed by atoms with Crippen molar-refractivity contribution in [2.24, 2.45) is 4.99 Å². The van der Waals surface area contributed by atoms with Crippen LogP contribution in [0, 0.1) is 6.92 Å². The van der Waals surface area contributed by atoms with Gasteiger partial charge in [0.25, 0.3) is 5.91 Å². The predicted molar refractivity (Wildman–Crippen MR) is 108 cm³/mol. The normalized spacial score (nSPS) is 15.1. The number of nitrogens with one attached hydrogen (secondary N) is 1. The molecule has 1 aliphatic heterocycles. The molecule has 0 bridgehead atoms. The lowest BCUT2D eigenvalue weighted by molar-refractivity contribution is 0.0657. The molecular formula is C20H30N6O2. The molecule has 0 unspecified atom stereocenters. The average Bonchev–Trinajstić information content (AvgIpc) is 3.39. The van der Waals surface area contributed by atoms with E-state index in [0.717, 1.165) is 57.3 Å². The van der Waals surface area contributed by atoms with Crippen LogP contribution in [0.15, 0.2) is 40.2 Å². The highest BCUT2D eigenvalue weighted by Crippen LogP contribution is 2.10. The van der Waals surface area contributed by atoms with E-state index < -0.39 is 0 Å². The minimum absolute atomic E-state index is 0.0404. The summed E-state index contributed by atoms with van der Waals surface area (Å²) in [6.07, 6.45) is 7.50. The van der Waals surface area contributed by atoms with Crippen molar-refractivity contribution in [2.45, 2.75) is 33.2 Å². The van der Waals surface area contributed by atoms with Crippen LogP contribution in [0.3, 0.4) is 0 Å². The summed E-state index contributed by atoms with van der Waals surface area (Å²) in [5.74, 6) is 2.36. The molecule has 3 rings (SSSR count). The summed E-state index contributed by atoms with van der Waals surface area (Å²) < 4.78 is 7.40. The molecule has 1 amide bonds. The number of carbonyl (C=O) groups excluding carboxylic acids is 1. The Labute approximate surface area is 166 Å². The second kappa shape index (κ2) is 9.96. The van der Waals surface area contributed by atoms with E-state index in [1.807, 2.05) is 24.2 Å². The highest BCUT2D eigenvalue weighted by molar-refractivity contribution is 5.91. The maximum absolute atomic E-state index is 12.4. The maximum atomic E-state index is 12.4. The number of hydrogen-bond acceptors (Lipinski definition) is 4. The molecule has 1 aliphatic rings. The molecule has 0 atom stereocenters. The van der Waals surface area contributed by atoms with Gasteiger partial charge >= 0.3 is 0 Å². The van der Waals surface area contributed by atoms with E-state index in [0.29, 0.717) is 18.8 Å². The van der Waals surface area contributed by atoms with Crippen LogP contribution in [0.5, 0.6) is 0 Å². The summed E-state index contributed by atoms with van der Waals surface area (Å²) in [4.78, 5) is 25.5. The Hall–Kier alpha value is -2.77. The fourth-order valence-corrected chi connectivity index (χ4v) is 3.32. The summed E-state index contributed by atoms with van der Waals surface area (Å²) in [6.45, 7) is 9.59. The number of aliphatic imine (C=N–C) groups is 1. The topological polar surface area (TPSA) is 78.9 Å². The highest BCUT2D eigenvalue weighted by atomic mass is 16.3. The number of furan rings is 1. The van der Waals surface area contributed by atoms with Gasteiger partial charge in [-0.15, -0.1) is 0 Å². The number of nitrogens with zero attached hydrogens (tertiary/aromatic N) is 5. The second-order valence-corrected chi connectivity index (χ2v) is 6.87. The van der Waals surface area contributed by atoms with Crippen molar-refractivity contribution in [1.82, 2.24) is 24.7 Å². The molecule has 28 heavy (non-hydrogen) atoms. The zero-order valence-electron chi connectivity index (χ0n) is 16.8. The number of guanidine groups is 1. The zero-order chi connectivity index (χ0) is 19.8. The van der Waals surface area contributed by atoms with Gasteiger partial charge in [-0.3, -0.25) is 9.79 Å². The Balaban J connectivity index is 1.45. The fourth-order valence-electron chi connectivity index (χ4n) is 3.32. The first-order chi connectivity index (χ1) is 13.7. The number of aromatic nitrogens is 2. The van der Waals surface area contributed by atoms with Crippen molar-refractivity contribution in [3.63, 3.8) is 0 Å². The maximum Gasteiger partial charge on any atom is 0.289 e. The number of aryl methyl sites for hydroxylation is 2. The predicted octanol–water partition coefficient (Wildman–Crippen LogP) is 1.99. The van der Waals surface area contributed by atoms with Crippen molar-refractivity contribution >= 4 is 11.9 Å². The molecule has 0 saturated carbocycles. The Bertz CT molecular complexity index is 760. The largest absolute Gasteiger partial charge is 0.459 e. The smallest absolute Gasteiger partial charge is 0.289 e. The molecule has 0 spiro atoms. The SMILES string of the molecule is CCNC(=NCCCCn1ccnc1C)N1CCN(C(=O)c2ccco2)CC1. The zero-order valence-corrected chi connectivity index (χ0v) is 16.8. The van der Waals surface area contributed by atoms with Crippen molar-refractivity contribution in [1.29, 1.82) is 0 Å². The molecule has 8 heteroatoms. The molecule has 3 heterocycles. The van der Waals surface area contributed by atoms with Gasteiger partial charge in [0, 0.05) is 58.2 Å². The van der Waals surface area contributed by atoms with Gasteiger partial charge in [-0.1, -0.05) is 0 Å². The molecule has 1 fully saturated rings. The molecular weight excluding hydrogens is 356 g/mol. The van der Waals surface area contributed by atoms with E-state index in [4.69, 9.17) is 9.41 Å². The van der Waals surface area contributed by atoms with E-state index in [1.54, 1.807) is 12.1 Å². The molecule has 0 aliphatic carbocycles. The Morgan fingerprint density at radius 3 is 2.68 bits per heavy atom. The number of unbranched alkanes of at least 4 members (excludes halogenated alkanes) is 1. The lowest BCUT2D eigenvalue weighted by Crippen LogP contribution is -2.53. The lowest BCUT2D eigenvalue weighted by atomic mass is 10.3. The molecule has 1 N–H and O–H groups in total. The van der Waals surface area contributed by atoms with Crippen LogP contribution in [-0.2, 0) is 6.54 Å². The van der Waals surface area contributed by atoms with Crippen LogP contribution in [0.4, 0.5) is 0 Å². The van der Waals surface area contributed by atoms with E-state index in [1.165, 1.54) is 6.26 Å². The summed E-state index contributed by atoms with van der Waals surface area (Å²) in [5.41, 5.74) is 0. The molecule has 0 radical (unpaired) electrons. The van der Waals surface area contributed by atoms with Gasteiger partial charge in [-0.05, 0) is 38.8 Å². The third kappa shape index (κ3) is 5.15. The van der Waals surface area contributed by atoms with Gasteiger partial charge in [-0.2, -0.15) is 0 Å². The lowest BCUT2D eigenvalue weighted by Gasteiger charge is -2.36. The summed E-state index contributed by atoms with van der Waals surface area (Å²) in [6, 6.07) is 3.46. The fraction of sp³-hybridized carbons (Fsp3) is 0.550. The van der Waals surface area contributed by atoms with Crippen molar-refractivity contribution in [3.05, 3.63) is 42.4 Å². The van der Waals surface area contributed by atoms with Gasteiger partial charge in [0.15, 0.2) is 11.7 Å². The molecule has 8 nitrogen and oxygen atoms in total. The van der Waals surface area contributed by atoms with E-state index >= 15 is 0 Å². The van der Waals surface area contributed by atoms with Gasteiger partial charge in [0.2, 0.25) is 0 Å². The molecule has 2 aromatic rings. The van der Waals surface area contributed by atoms with Crippen LogP contribution in [-0.4, -0.2) is 70.5 Å². The molecule has 152 valence electrons.